The fraction of sp³-hybridized carbons (Fsp3) is 0.333. The third-order valence-electron chi connectivity index (χ3n) is 7.57. The van der Waals surface area contributed by atoms with E-state index in [0.29, 0.717) is 31.0 Å². The van der Waals surface area contributed by atoms with Crippen LogP contribution in [-0.2, 0) is 11.3 Å². The monoisotopic (exact) mass is 527 g/mol. The number of nitrogens with zero attached hydrogens (tertiary/aromatic N) is 5. The third kappa shape index (κ3) is 4.76. The Kier molecular flexibility index (Phi) is 7.15. The van der Waals surface area contributed by atoms with E-state index >= 15 is 0 Å². The number of piperidine rings is 1. The molecular weight excluding hydrogens is 503 g/mol. The number of carboxylic acid groups (broad SMARTS) is 1. The van der Waals surface area contributed by atoms with E-state index in [1.807, 2.05) is 34.6 Å². The number of imidazole rings is 1. The zero-order valence-electron chi connectivity index (χ0n) is 21.1. The van der Waals surface area contributed by atoms with Gasteiger partial charge in [-0.1, -0.05) is 24.3 Å². The van der Waals surface area contributed by atoms with Gasteiger partial charge < -0.3 is 24.1 Å². The molecule has 11 heteroatoms. The first-order valence-electron chi connectivity index (χ1n) is 12.1. The average molecular weight is 528 g/mol. The van der Waals surface area contributed by atoms with E-state index in [-0.39, 0.29) is 41.2 Å². The number of carbonyl (C=O) groups is 1. The summed E-state index contributed by atoms with van der Waals surface area (Å²) in [6.07, 6.45) is 4.92. The minimum atomic E-state index is -2.90. The van der Waals surface area contributed by atoms with Gasteiger partial charge >= 0.3 is 36.2 Å². The number of hydrogen-bond acceptors (Lipinski definition) is 7. The number of hydrogen-bond donors (Lipinski definition) is 0. The minimum Gasteiger partial charge on any atom is -0.549 e. The van der Waals surface area contributed by atoms with E-state index in [1.165, 1.54) is 6.07 Å². The summed E-state index contributed by atoms with van der Waals surface area (Å²) in [5, 5.41) is 11.6. The average Bonchev–Trinajstić information content (AvgIpc) is 3.56. The van der Waals surface area contributed by atoms with Crippen molar-refractivity contribution in [3.63, 3.8) is 0 Å². The van der Waals surface area contributed by atoms with Crippen LogP contribution in [0.4, 0.5) is 14.7 Å². The molecule has 3 heterocycles. The molecule has 1 saturated carbocycles. The number of alkyl halides is 2. The number of aromatic nitrogens is 4. The molecule has 1 aliphatic heterocycles. The van der Waals surface area contributed by atoms with Gasteiger partial charge in [0.1, 0.15) is 11.6 Å². The maximum atomic E-state index is 12.9. The maximum absolute atomic E-state index is 12.9. The molecule has 6 rings (SSSR count). The molecule has 2 fully saturated rings. The van der Waals surface area contributed by atoms with Crippen molar-refractivity contribution in [1.82, 2.24) is 19.5 Å². The quantitative estimate of drug-likeness (QED) is 0.322. The van der Waals surface area contributed by atoms with Gasteiger partial charge in [-0.05, 0) is 49.4 Å². The number of anilines is 1. The largest absolute Gasteiger partial charge is 1.00 e. The van der Waals surface area contributed by atoms with Crippen molar-refractivity contribution in [3.8, 4) is 16.9 Å². The van der Waals surface area contributed by atoms with Crippen LogP contribution in [0.25, 0.3) is 22.2 Å². The van der Waals surface area contributed by atoms with Crippen LogP contribution in [0.3, 0.4) is 0 Å². The number of rotatable bonds is 7. The molecule has 190 valence electrons. The molecule has 0 radical (unpaired) electrons. The molecule has 1 saturated heterocycles. The third-order valence-corrected chi connectivity index (χ3v) is 7.57. The summed E-state index contributed by atoms with van der Waals surface area (Å²) in [6.45, 7) is 0.385. The number of aliphatic carboxylic acids is 1. The van der Waals surface area contributed by atoms with E-state index in [0.717, 1.165) is 41.0 Å². The van der Waals surface area contributed by atoms with E-state index in [9.17, 15) is 18.7 Å². The van der Waals surface area contributed by atoms with Crippen LogP contribution in [-0.4, -0.2) is 45.2 Å². The zero-order chi connectivity index (χ0) is 25.7. The Morgan fingerprint density at radius 2 is 1.95 bits per heavy atom. The second kappa shape index (κ2) is 10.2. The number of fused-ring (bicyclic) bond motifs is 2. The van der Waals surface area contributed by atoms with Gasteiger partial charge in [0.05, 0.1) is 17.6 Å². The van der Waals surface area contributed by atoms with Gasteiger partial charge in [-0.25, -0.2) is 15.0 Å². The molecule has 2 atom stereocenters. The predicted octanol–water partition coefficient (Wildman–Crippen LogP) is 0.422. The second-order valence-electron chi connectivity index (χ2n) is 9.76. The maximum Gasteiger partial charge on any atom is 1.00 e. The van der Waals surface area contributed by atoms with Gasteiger partial charge in [-0.2, -0.15) is 8.78 Å². The second-order valence-corrected chi connectivity index (χ2v) is 9.76. The molecule has 2 aromatic carbocycles. The molecule has 4 aromatic rings. The molecule has 8 nitrogen and oxygen atoms in total. The Morgan fingerprint density at radius 1 is 1.18 bits per heavy atom. The van der Waals surface area contributed by atoms with Crippen molar-refractivity contribution < 1.29 is 53.0 Å². The summed E-state index contributed by atoms with van der Waals surface area (Å²) in [4.78, 5) is 27.2. The Balaban J connectivity index is 0.00000294. The molecule has 2 aromatic heterocycles. The van der Waals surface area contributed by atoms with Crippen LogP contribution in [0.15, 0.2) is 54.9 Å². The summed E-state index contributed by atoms with van der Waals surface area (Å²) in [7, 11) is 0. The van der Waals surface area contributed by atoms with Gasteiger partial charge in [-0.15, -0.1) is 0 Å². The van der Waals surface area contributed by atoms with Crippen molar-refractivity contribution in [2.24, 2.45) is 11.3 Å². The number of para-hydroxylation sites is 1. The molecule has 0 bridgehead atoms. The van der Waals surface area contributed by atoms with Crippen molar-refractivity contribution in [2.45, 2.75) is 32.9 Å². The molecule has 0 amide bonds. The van der Waals surface area contributed by atoms with Gasteiger partial charge in [0.25, 0.3) is 0 Å². The Morgan fingerprint density at radius 3 is 2.68 bits per heavy atom. The van der Waals surface area contributed by atoms with Crippen molar-refractivity contribution in [3.05, 3.63) is 66.2 Å². The Hall–Kier alpha value is -3.08. The van der Waals surface area contributed by atoms with Gasteiger partial charge in [-0.3, -0.25) is 0 Å². The van der Waals surface area contributed by atoms with Crippen LogP contribution in [0.5, 0.6) is 5.75 Å². The van der Waals surface area contributed by atoms with E-state index in [2.05, 4.69) is 15.0 Å². The summed E-state index contributed by atoms with van der Waals surface area (Å²) < 4.78 is 32.4. The summed E-state index contributed by atoms with van der Waals surface area (Å²) in [6, 6.07) is 12.6. The summed E-state index contributed by atoms with van der Waals surface area (Å²) in [5.74, 6) is 0.599. The smallest absolute Gasteiger partial charge is 0.549 e. The summed E-state index contributed by atoms with van der Waals surface area (Å²) >= 11 is 0. The normalized spacial score (nSPS) is 20.2. The number of carboxylic acids is 1. The van der Waals surface area contributed by atoms with Crippen molar-refractivity contribution in [2.75, 3.05) is 18.0 Å². The zero-order valence-corrected chi connectivity index (χ0v) is 23.1. The van der Waals surface area contributed by atoms with Crippen molar-refractivity contribution >= 4 is 23.0 Å². The number of benzene rings is 2. The first-order chi connectivity index (χ1) is 17.8. The van der Waals surface area contributed by atoms with E-state index in [1.54, 1.807) is 30.6 Å². The van der Waals surface area contributed by atoms with Gasteiger partial charge in [0, 0.05) is 48.0 Å². The molecule has 38 heavy (non-hydrogen) atoms. The number of ether oxygens (including phenoxy) is 1. The number of halogens is 2. The van der Waals surface area contributed by atoms with Crippen LogP contribution < -0.4 is 44.3 Å². The fourth-order valence-corrected chi connectivity index (χ4v) is 5.44. The van der Waals surface area contributed by atoms with E-state index in [4.69, 9.17) is 4.74 Å². The molecule has 0 N–H and O–H groups in total. The van der Waals surface area contributed by atoms with Gasteiger partial charge in [0.15, 0.2) is 0 Å². The molecule has 2 aliphatic rings. The molecular formula is C27H24F2N5NaO3. The first-order valence-corrected chi connectivity index (χ1v) is 12.1. The molecule has 0 unspecified atom stereocenters. The SMILES string of the molecule is Cc1nc2ccc(-c3cnc(N4CC[C@H]5C[C@@]5(C(=O)[O-])C4)nc3)cc2n1Cc1ccccc1OC(F)F.[Na+]. The molecule has 0 spiro atoms. The van der Waals surface area contributed by atoms with Gasteiger partial charge in [0.2, 0.25) is 5.95 Å². The predicted molar refractivity (Wildman–Crippen MR) is 130 cm³/mol. The van der Waals surface area contributed by atoms with Crippen molar-refractivity contribution in [1.29, 1.82) is 0 Å². The number of aryl methyl sites for hydroxylation is 1. The topological polar surface area (TPSA) is 96.2 Å². The van der Waals surface area contributed by atoms with E-state index < -0.39 is 18.0 Å². The Bertz CT molecular complexity index is 1500. The van der Waals surface area contributed by atoms with Crippen LogP contribution in [0.1, 0.15) is 24.2 Å². The Labute approximate surface area is 240 Å². The standard InChI is InChI=1S/C27H25F2N5O3.Na/c1-16-32-21-7-6-17(10-22(21)34(16)14-18-4-2-3-5-23(18)37-25(28)29)19-12-30-26(31-13-19)33-9-8-20-11-27(20,15-33)24(35)36;/h2-7,10,12-13,20,25H,8-9,11,14-15H2,1H3,(H,35,36);/q;+1/p-1/t20-,27+;/m0./s1. The summed E-state index contributed by atoms with van der Waals surface area (Å²) in [5.41, 5.74) is 3.17. The van der Waals surface area contributed by atoms with Crippen LogP contribution in [0, 0.1) is 18.3 Å². The minimum absolute atomic E-state index is 0. The first kappa shape index (κ1) is 26.5. The van der Waals surface area contributed by atoms with Crippen LogP contribution >= 0.6 is 0 Å². The fourth-order valence-electron chi connectivity index (χ4n) is 5.44. The van der Waals surface area contributed by atoms with Crippen LogP contribution in [0.2, 0.25) is 0 Å². The number of carbonyl (C=O) groups excluding carboxylic acids is 1. The molecule has 1 aliphatic carbocycles.